The molecule has 0 radical (unpaired) electrons. The highest BCUT2D eigenvalue weighted by Crippen LogP contribution is 2.29. The molecule has 0 spiro atoms. The molecule has 1 aliphatic heterocycles. The van der Waals surface area contributed by atoms with E-state index >= 15 is 0 Å². The topological polar surface area (TPSA) is 114 Å². The van der Waals surface area contributed by atoms with Crippen LogP contribution in [0.5, 0.6) is 0 Å². The van der Waals surface area contributed by atoms with Crippen molar-refractivity contribution < 1.29 is 17.4 Å². The molecule has 1 fully saturated rings. The van der Waals surface area contributed by atoms with E-state index in [-0.39, 0.29) is 5.56 Å². The monoisotopic (exact) mass is 563 g/mol. The Hall–Kier alpha value is -2.63. The molecule has 38 heavy (non-hydrogen) atoms. The van der Waals surface area contributed by atoms with Crippen molar-refractivity contribution in [2.75, 3.05) is 66.8 Å². The Morgan fingerprint density at radius 1 is 0.974 bits per heavy atom. The maximum Gasteiger partial charge on any atom is 0.257 e. The van der Waals surface area contributed by atoms with Gasteiger partial charge in [-0.15, -0.1) is 0 Å². The first kappa shape index (κ1) is 29.9. The average molecular weight is 564 g/mol. The molecular formula is C27H41N5O4S2. The van der Waals surface area contributed by atoms with E-state index in [0.717, 1.165) is 74.5 Å². The third kappa shape index (κ3) is 7.94. The molecule has 2 aromatic rings. The van der Waals surface area contributed by atoms with Crippen LogP contribution in [0.4, 0.5) is 17.1 Å². The molecule has 1 heterocycles. The molecule has 1 amide bonds. The molecular weight excluding hydrogens is 522 g/mol. The van der Waals surface area contributed by atoms with Crippen molar-refractivity contribution in [2.45, 2.75) is 43.9 Å². The first-order valence-electron chi connectivity index (χ1n) is 13.1. The van der Waals surface area contributed by atoms with Crippen LogP contribution in [0.25, 0.3) is 0 Å². The molecule has 0 aliphatic carbocycles. The number of anilines is 3. The number of likely N-dealkylation sites (N-methyl/N-ethyl adjacent to an activating group) is 1. The molecule has 1 saturated heterocycles. The maximum atomic E-state index is 13.3. The number of sulfonamides is 1. The number of hydrogen-bond donors (Lipinski definition) is 2. The van der Waals surface area contributed by atoms with Gasteiger partial charge in [-0.1, -0.05) is 32.6 Å². The standard InChI is InChI=1S/C27H41N5O4S2/c1-5-6-7-8-9-20-38(28,36)24-13-10-22(11-14-24)29-27(33)25-15-12-23(32-18-16-30(2)17-19-32)21-26(25)31(3)37(4,34)35/h10-15,21,28H,5-9,16-20H2,1-4H3,(H,29,33). The van der Waals surface area contributed by atoms with E-state index in [1.54, 1.807) is 36.4 Å². The molecule has 0 aromatic heterocycles. The summed E-state index contributed by atoms with van der Waals surface area (Å²) in [5, 5.41) is 2.82. The lowest BCUT2D eigenvalue weighted by atomic mass is 10.1. The van der Waals surface area contributed by atoms with Crippen LogP contribution < -0.4 is 14.5 Å². The van der Waals surface area contributed by atoms with Crippen molar-refractivity contribution in [3.8, 4) is 0 Å². The van der Waals surface area contributed by atoms with Gasteiger partial charge >= 0.3 is 0 Å². The number of carbonyl (C=O) groups excluding carboxylic acids is 1. The van der Waals surface area contributed by atoms with Crippen LogP contribution in [0.15, 0.2) is 47.4 Å². The highest BCUT2D eigenvalue weighted by atomic mass is 32.2. The first-order valence-corrected chi connectivity index (χ1v) is 16.7. The predicted octanol–water partition coefficient (Wildman–Crippen LogP) is 4.46. The third-order valence-corrected chi connectivity index (χ3v) is 10.0. The summed E-state index contributed by atoms with van der Waals surface area (Å²) in [6.45, 7) is 5.57. The summed E-state index contributed by atoms with van der Waals surface area (Å²) < 4.78 is 47.1. The number of unbranched alkanes of at least 4 members (excludes halogenated alkanes) is 4. The van der Waals surface area contributed by atoms with E-state index in [1.165, 1.54) is 7.05 Å². The Morgan fingerprint density at radius 2 is 1.61 bits per heavy atom. The molecule has 1 atom stereocenters. The van der Waals surface area contributed by atoms with Crippen molar-refractivity contribution in [3.05, 3.63) is 48.0 Å². The van der Waals surface area contributed by atoms with Crippen molar-refractivity contribution in [1.82, 2.24) is 4.90 Å². The van der Waals surface area contributed by atoms with Crippen LogP contribution in [0.1, 0.15) is 49.4 Å². The van der Waals surface area contributed by atoms with E-state index in [4.69, 9.17) is 4.78 Å². The van der Waals surface area contributed by atoms with E-state index in [2.05, 4.69) is 29.1 Å². The highest BCUT2D eigenvalue weighted by molar-refractivity contribution is 7.92. The minimum absolute atomic E-state index is 0.233. The van der Waals surface area contributed by atoms with Crippen LogP contribution in [0.2, 0.25) is 0 Å². The zero-order valence-electron chi connectivity index (χ0n) is 22.9. The first-order chi connectivity index (χ1) is 17.9. The van der Waals surface area contributed by atoms with Crippen LogP contribution in [0.3, 0.4) is 0 Å². The van der Waals surface area contributed by atoms with Gasteiger partial charge in [0.25, 0.3) is 5.91 Å². The zero-order chi connectivity index (χ0) is 27.9. The zero-order valence-corrected chi connectivity index (χ0v) is 24.5. The molecule has 11 heteroatoms. The van der Waals surface area contributed by atoms with Crippen molar-refractivity contribution in [2.24, 2.45) is 0 Å². The average Bonchev–Trinajstić information content (AvgIpc) is 2.88. The summed E-state index contributed by atoms with van der Waals surface area (Å²) in [5.74, 6) is -0.126. The quantitative estimate of drug-likeness (QED) is 0.369. The molecule has 0 bridgehead atoms. The summed E-state index contributed by atoms with van der Waals surface area (Å²) in [7, 11) is -2.99. The third-order valence-electron chi connectivity index (χ3n) is 6.96. The molecule has 0 saturated carbocycles. The van der Waals surface area contributed by atoms with Gasteiger partial charge < -0.3 is 15.1 Å². The lowest BCUT2D eigenvalue weighted by Gasteiger charge is -2.34. The molecule has 2 N–H and O–H groups in total. The Bertz CT molecular complexity index is 1300. The van der Waals surface area contributed by atoms with E-state index < -0.39 is 25.7 Å². The summed E-state index contributed by atoms with van der Waals surface area (Å²) in [4.78, 5) is 18.1. The van der Waals surface area contributed by atoms with Gasteiger partial charge in [-0.3, -0.25) is 9.10 Å². The van der Waals surface area contributed by atoms with Crippen LogP contribution in [0, 0.1) is 4.78 Å². The molecule has 9 nitrogen and oxygen atoms in total. The van der Waals surface area contributed by atoms with Gasteiger partial charge in [0, 0.05) is 55.2 Å². The normalized spacial score (nSPS) is 16.2. The van der Waals surface area contributed by atoms with Gasteiger partial charge in [-0.05, 0) is 55.9 Å². The lowest BCUT2D eigenvalue weighted by Crippen LogP contribution is -2.44. The summed E-state index contributed by atoms with van der Waals surface area (Å²) in [6, 6.07) is 11.8. The number of amides is 1. The van der Waals surface area contributed by atoms with Gasteiger partial charge in [-0.2, -0.15) is 0 Å². The minimum Gasteiger partial charge on any atom is -0.369 e. The van der Waals surface area contributed by atoms with E-state index in [1.807, 2.05) is 6.07 Å². The van der Waals surface area contributed by atoms with E-state index in [0.29, 0.717) is 22.0 Å². The van der Waals surface area contributed by atoms with Crippen molar-refractivity contribution in [3.63, 3.8) is 0 Å². The van der Waals surface area contributed by atoms with Gasteiger partial charge in [0.1, 0.15) is 0 Å². The van der Waals surface area contributed by atoms with E-state index in [9.17, 15) is 17.4 Å². The van der Waals surface area contributed by atoms with Gasteiger partial charge in [0.15, 0.2) is 0 Å². The second-order valence-electron chi connectivity index (χ2n) is 9.99. The Balaban J connectivity index is 1.77. The second-order valence-corrected chi connectivity index (χ2v) is 14.2. The number of hydrogen-bond acceptors (Lipinski definition) is 7. The molecule has 210 valence electrons. The molecule has 1 aliphatic rings. The minimum atomic E-state index is -3.60. The van der Waals surface area contributed by atoms with Crippen LogP contribution in [-0.2, 0) is 19.8 Å². The number of nitrogens with zero attached hydrogens (tertiary/aromatic N) is 3. The number of piperazine rings is 1. The van der Waals surface area contributed by atoms with Gasteiger partial charge in [0.2, 0.25) is 10.0 Å². The van der Waals surface area contributed by atoms with Gasteiger partial charge in [-0.25, -0.2) is 17.4 Å². The Labute approximate surface area is 228 Å². The summed E-state index contributed by atoms with van der Waals surface area (Å²) >= 11 is 0. The lowest BCUT2D eigenvalue weighted by molar-refractivity contribution is 0.102. The summed E-state index contributed by atoms with van der Waals surface area (Å²) in [6.07, 6.45) is 6.20. The summed E-state index contributed by atoms with van der Waals surface area (Å²) in [5.41, 5.74) is 1.88. The second kappa shape index (κ2) is 12.9. The number of rotatable bonds is 12. The van der Waals surface area contributed by atoms with Crippen LogP contribution in [-0.4, -0.2) is 75.7 Å². The van der Waals surface area contributed by atoms with Crippen molar-refractivity contribution >= 4 is 42.7 Å². The fraction of sp³-hybridized carbons (Fsp3) is 0.519. The molecule has 1 unspecified atom stereocenters. The number of benzene rings is 2. The Kier molecular flexibility index (Phi) is 10.2. The predicted molar refractivity (Wildman–Crippen MR) is 157 cm³/mol. The maximum absolute atomic E-state index is 13.3. The highest BCUT2D eigenvalue weighted by Gasteiger charge is 2.23. The number of nitrogens with one attached hydrogen (secondary N) is 2. The fourth-order valence-electron chi connectivity index (χ4n) is 4.40. The molecule has 2 aromatic carbocycles. The molecule has 3 rings (SSSR count). The largest absolute Gasteiger partial charge is 0.369 e. The SMILES string of the molecule is CCCCCCCS(=N)(=O)c1ccc(NC(=O)c2ccc(N3CCN(C)CC3)cc2N(C)S(C)(=O)=O)cc1. The van der Waals surface area contributed by atoms with Crippen LogP contribution >= 0.6 is 0 Å². The fourth-order valence-corrected chi connectivity index (χ4v) is 6.33. The Morgan fingerprint density at radius 3 is 2.21 bits per heavy atom. The smallest absolute Gasteiger partial charge is 0.257 e. The van der Waals surface area contributed by atoms with Crippen molar-refractivity contribution in [1.29, 1.82) is 4.78 Å². The van der Waals surface area contributed by atoms with Gasteiger partial charge in [0.05, 0.1) is 27.2 Å². The number of carbonyl (C=O) groups is 1.